The highest BCUT2D eigenvalue weighted by molar-refractivity contribution is 7.86. The maximum Gasteiger partial charge on any atom is 0.296 e. The summed E-state index contributed by atoms with van der Waals surface area (Å²) >= 11 is 0. The minimum Gasteiger partial charge on any atom is -0.328 e. The summed E-state index contributed by atoms with van der Waals surface area (Å²) in [5.41, 5.74) is 6.85. The lowest BCUT2D eigenvalue weighted by Gasteiger charge is -2.25. The molecular formula is C14H21NO3S. The second-order valence-electron chi connectivity index (χ2n) is 5.33. The third-order valence-electron chi connectivity index (χ3n) is 3.66. The third-order valence-corrected chi connectivity index (χ3v) is 4.96. The van der Waals surface area contributed by atoms with E-state index in [1.807, 2.05) is 6.92 Å². The Labute approximate surface area is 115 Å². The minimum absolute atomic E-state index is 0.227. The van der Waals surface area contributed by atoms with Crippen LogP contribution in [0, 0.1) is 12.8 Å². The summed E-state index contributed by atoms with van der Waals surface area (Å²) in [5, 5.41) is 0. The summed E-state index contributed by atoms with van der Waals surface area (Å²) in [5.74, 6) is 0.306. The van der Waals surface area contributed by atoms with Gasteiger partial charge in [0.15, 0.2) is 0 Å². The van der Waals surface area contributed by atoms with E-state index in [4.69, 9.17) is 9.92 Å². The second kappa shape index (κ2) is 6.03. The van der Waals surface area contributed by atoms with Crippen molar-refractivity contribution in [2.24, 2.45) is 11.7 Å². The number of rotatable bonds is 4. The van der Waals surface area contributed by atoms with Gasteiger partial charge in [-0.05, 0) is 50.7 Å². The van der Waals surface area contributed by atoms with Crippen LogP contribution in [0.25, 0.3) is 0 Å². The molecule has 4 nitrogen and oxygen atoms in total. The molecule has 1 aromatic carbocycles. The van der Waals surface area contributed by atoms with E-state index in [0.717, 1.165) is 31.2 Å². The summed E-state index contributed by atoms with van der Waals surface area (Å²) in [7, 11) is -3.62. The largest absolute Gasteiger partial charge is 0.328 e. The standard InChI is InChI=1S/C14H21NO3S/c1-11-2-8-14(9-3-11)19(16,17)18-10-12-4-6-13(15)7-5-12/h2-3,8-9,12-13H,4-7,10,15H2,1H3/t12-,13-. The molecule has 0 heterocycles. The Bertz CT molecular complexity index is 502. The van der Waals surface area contributed by atoms with Gasteiger partial charge in [0.2, 0.25) is 0 Å². The van der Waals surface area contributed by atoms with Crippen molar-refractivity contribution in [2.45, 2.75) is 43.5 Å². The highest BCUT2D eigenvalue weighted by Crippen LogP contribution is 2.24. The molecule has 2 N–H and O–H groups in total. The van der Waals surface area contributed by atoms with Crippen LogP contribution in [-0.2, 0) is 14.3 Å². The number of aryl methyl sites for hydroxylation is 1. The fourth-order valence-electron chi connectivity index (χ4n) is 2.31. The first-order valence-corrected chi connectivity index (χ1v) is 8.10. The zero-order chi connectivity index (χ0) is 13.9. The van der Waals surface area contributed by atoms with E-state index >= 15 is 0 Å². The summed E-state index contributed by atoms with van der Waals surface area (Å²) in [4.78, 5) is 0.227. The Morgan fingerprint density at radius 1 is 1.16 bits per heavy atom. The molecule has 0 unspecified atom stereocenters. The molecule has 0 radical (unpaired) electrons. The van der Waals surface area contributed by atoms with Gasteiger partial charge >= 0.3 is 0 Å². The van der Waals surface area contributed by atoms with Crippen molar-refractivity contribution in [3.8, 4) is 0 Å². The second-order valence-corrected chi connectivity index (χ2v) is 6.95. The fraction of sp³-hybridized carbons (Fsp3) is 0.571. The van der Waals surface area contributed by atoms with Gasteiger partial charge in [0.1, 0.15) is 0 Å². The van der Waals surface area contributed by atoms with E-state index in [2.05, 4.69) is 0 Å². The van der Waals surface area contributed by atoms with Crippen molar-refractivity contribution < 1.29 is 12.6 Å². The monoisotopic (exact) mass is 283 g/mol. The van der Waals surface area contributed by atoms with Crippen LogP contribution in [-0.4, -0.2) is 21.1 Å². The summed E-state index contributed by atoms with van der Waals surface area (Å²) < 4.78 is 29.2. The molecule has 0 saturated heterocycles. The van der Waals surface area contributed by atoms with Crippen LogP contribution in [0.2, 0.25) is 0 Å². The van der Waals surface area contributed by atoms with Gasteiger partial charge < -0.3 is 5.73 Å². The van der Waals surface area contributed by atoms with Crippen LogP contribution < -0.4 is 5.73 Å². The van der Waals surface area contributed by atoms with Crippen molar-refractivity contribution in [1.82, 2.24) is 0 Å². The number of hydrogen-bond donors (Lipinski definition) is 1. The molecule has 1 saturated carbocycles. The predicted molar refractivity (Wildman–Crippen MR) is 74.3 cm³/mol. The lowest BCUT2D eigenvalue weighted by Crippen LogP contribution is -2.28. The molecule has 5 heteroatoms. The molecule has 0 bridgehead atoms. The van der Waals surface area contributed by atoms with Gasteiger partial charge in [0.25, 0.3) is 10.1 Å². The zero-order valence-electron chi connectivity index (χ0n) is 11.2. The molecule has 19 heavy (non-hydrogen) atoms. The average molecular weight is 283 g/mol. The number of benzene rings is 1. The van der Waals surface area contributed by atoms with Gasteiger partial charge in [0.05, 0.1) is 11.5 Å². The number of nitrogens with two attached hydrogens (primary N) is 1. The molecule has 0 aromatic heterocycles. The van der Waals surface area contributed by atoms with E-state index in [0.29, 0.717) is 5.92 Å². The SMILES string of the molecule is Cc1ccc(S(=O)(=O)OC[C@H]2CC[C@H](N)CC2)cc1. The summed E-state index contributed by atoms with van der Waals surface area (Å²) in [6.45, 7) is 2.19. The molecule has 106 valence electrons. The lowest BCUT2D eigenvalue weighted by molar-refractivity contribution is 0.205. The highest BCUT2D eigenvalue weighted by Gasteiger charge is 2.22. The van der Waals surface area contributed by atoms with E-state index < -0.39 is 10.1 Å². The van der Waals surface area contributed by atoms with Crippen molar-refractivity contribution in [2.75, 3.05) is 6.61 Å². The average Bonchev–Trinajstić information content (AvgIpc) is 2.39. The first-order valence-electron chi connectivity index (χ1n) is 6.69. The first kappa shape index (κ1) is 14.5. The molecule has 0 spiro atoms. The van der Waals surface area contributed by atoms with Crippen molar-refractivity contribution in [3.63, 3.8) is 0 Å². The number of hydrogen-bond acceptors (Lipinski definition) is 4. The van der Waals surface area contributed by atoms with Crippen LogP contribution in [0.5, 0.6) is 0 Å². The molecule has 1 aliphatic rings. The van der Waals surface area contributed by atoms with Gasteiger partial charge in [-0.15, -0.1) is 0 Å². The van der Waals surface area contributed by atoms with Gasteiger partial charge in [-0.1, -0.05) is 17.7 Å². The summed E-state index contributed by atoms with van der Waals surface area (Å²) in [6, 6.07) is 6.99. The van der Waals surface area contributed by atoms with Gasteiger partial charge in [0, 0.05) is 6.04 Å². The topological polar surface area (TPSA) is 69.4 Å². The molecule has 2 rings (SSSR count). The quantitative estimate of drug-likeness (QED) is 0.860. The fourth-order valence-corrected chi connectivity index (χ4v) is 3.29. The van der Waals surface area contributed by atoms with Crippen molar-refractivity contribution in [3.05, 3.63) is 29.8 Å². The smallest absolute Gasteiger partial charge is 0.296 e. The molecule has 0 atom stereocenters. The lowest BCUT2D eigenvalue weighted by atomic mass is 9.87. The Kier molecular flexibility index (Phi) is 4.60. The highest BCUT2D eigenvalue weighted by atomic mass is 32.2. The van der Waals surface area contributed by atoms with Crippen LogP contribution >= 0.6 is 0 Å². The predicted octanol–water partition coefficient (Wildman–Crippen LogP) is 2.22. The van der Waals surface area contributed by atoms with Gasteiger partial charge in [-0.3, -0.25) is 4.18 Å². The molecule has 1 fully saturated rings. The Morgan fingerprint density at radius 2 is 1.74 bits per heavy atom. The molecule has 1 aliphatic carbocycles. The maximum absolute atomic E-state index is 12.0. The Morgan fingerprint density at radius 3 is 2.32 bits per heavy atom. The van der Waals surface area contributed by atoms with Crippen molar-refractivity contribution in [1.29, 1.82) is 0 Å². The third kappa shape index (κ3) is 4.03. The van der Waals surface area contributed by atoms with Gasteiger partial charge in [-0.25, -0.2) is 0 Å². The zero-order valence-corrected chi connectivity index (χ0v) is 12.0. The Hall–Kier alpha value is -0.910. The maximum atomic E-state index is 12.0. The van der Waals surface area contributed by atoms with E-state index in [9.17, 15) is 8.42 Å². The van der Waals surface area contributed by atoms with Crippen LogP contribution in [0.1, 0.15) is 31.2 Å². The van der Waals surface area contributed by atoms with E-state index in [1.54, 1.807) is 24.3 Å². The molecule has 0 aliphatic heterocycles. The molecular weight excluding hydrogens is 262 g/mol. The van der Waals surface area contributed by atoms with E-state index in [-0.39, 0.29) is 17.5 Å². The van der Waals surface area contributed by atoms with Crippen LogP contribution in [0.3, 0.4) is 0 Å². The van der Waals surface area contributed by atoms with Crippen LogP contribution in [0.4, 0.5) is 0 Å². The molecule has 1 aromatic rings. The summed E-state index contributed by atoms with van der Waals surface area (Å²) in [6.07, 6.45) is 3.81. The Balaban J connectivity index is 1.92. The van der Waals surface area contributed by atoms with Crippen LogP contribution in [0.15, 0.2) is 29.2 Å². The van der Waals surface area contributed by atoms with E-state index in [1.165, 1.54) is 0 Å². The normalized spacial score (nSPS) is 24.3. The molecule has 0 amide bonds. The van der Waals surface area contributed by atoms with Crippen molar-refractivity contribution >= 4 is 10.1 Å². The first-order chi connectivity index (χ1) is 8.97. The van der Waals surface area contributed by atoms with Gasteiger partial charge in [-0.2, -0.15) is 8.42 Å². The minimum atomic E-state index is -3.62.